The number of nitrogens with one attached hydrogen (secondary N) is 1. The second kappa shape index (κ2) is 9.42. The SMILES string of the molecule is CCOC(=O)c1cc(C(C)C)sc1NC(=O)CO/N=C\c1ccc2c(c1)OCO2. The van der Waals surface area contributed by atoms with E-state index in [9.17, 15) is 9.59 Å². The zero-order valence-electron chi connectivity index (χ0n) is 16.4. The van der Waals surface area contributed by atoms with Crippen LogP contribution >= 0.6 is 11.3 Å². The predicted octanol–water partition coefficient (Wildman–Crippen LogP) is 3.77. The summed E-state index contributed by atoms with van der Waals surface area (Å²) in [6.07, 6.45) is 1.47. The van der Waals surface area contributed by atoms with Crippen molar-refractivity contribution in [3.63, 3.8) is 0 Å². The molecule has 0 unspecified atom stereocenters. The number of hydrogen-bond donors (Lipinski definition) is 1. The van der Waals surface area contributed by atoms with Crippen molar-refractivity contribution < 1.29 is 28.6 Å². The maximum Gasteiger partial charge on any atom is 0.341 e. The Morgan fingerprint density at radius 2 is 2.07 bits per heavy atom. The Labute approximate surface area is 172 Å². The Balaban J connectivity index is 1.57. The minimum absolute atomic E-state index is 0.196. The fourth-order valence-corrected chi connectivity index (χ4v) is 3.56. The van der Waals surface area contributed by atoms with Gasteiger partial charge in [0.25, 0.3) is 5.91 Å². The topological polar surface area (TPSA) is 95.5 Å². The molecule has 2 aromatic rings. The van der Waals surface area contributed by atoms with Gasteiger partial charge in [0, 0.05) is 10.4 Å². The summed E-state index contributed by atoms with van der Waals surface area (Å²) in [6.45, 7) is 5.93. The largest absolute Gasteiger partial charge is 0.462 e. The van der Waals surface area contributed by atoms with Crippen molar-refractivity contribution in [2.24, 2.45) is 5.16 Å². The summed E-state index contributed by atoms with van der Waals surface area (Å²) in [5.74, 6) is 0.651. The van der Waals surface area contributed by atoms with Crippen molar-refractivity contribution in [2.75, 3.05) is 25.3 Å². The Kier molecular flexibility index (Phi) is 6.71. The van der Waals surface area contributed by atoms with E-state index >= 15 is 0 Å². The Hall–Kier alpha value is -3.07. The van der Waals surface area contributed by atoms with Crippen LogP contribution in [0.3, 0.4) is 0 Å². The zero-order valence-corrected chi connectivity index (χ0v) is 17.2. The highest BCUT2D eigenvalue weighted by atomic mass is 32.1. The van der Waals surface area contributed by atoms with Crippen LogP contribution in [0.5, 0.6) is 11.5 Å². The molecule has 0 saturated heterocycles. The Morgan fingerprint density at radius 1 is 1.28 bits per heavy atom. The van der Waals surface area contributed by atoms with Gasteiger partial charge in [-0.3, -0.25) is 4.79 Å². The van der Waals surface area contributed by atoms with Crippen LogP contribution in [0.1, 0.15) is 47.5 Å². The minimum Gasteiger partial charge on any atom is -0.462 e. The molecule has 3 rings (SSSR count). The van der Waals surface area contributed by atoms with Crippen molar-refractivity contribution in [1.29, 1.82) is 0 Å². The van der Waals surface area contributed by atoms with Gasteiger partial charge in [0.05, 0.1) is 18.4 Å². The normalized spacial score (nSPS) is 12.4. The van der Waals surface area contributed by atoms with Crippen molar-refractivity contribution in [3.05, 3.63) is 40.3 Å². The van der Waals surface area contributed by atoms with Gasteiger partial charge in [-0.1, -0.05) is 19.0 Å². The van der Waals surface area contributed by atoms with Gasteiger partial charge in [-0.15, -0.1) is 11.3 Å². The number of fused-ring (bicyclic) bond motifs is 1. The van der Waals surface area contributed by atoms with Gasteiger partial charge in [0.15, 0.2) is 18.1 Å². The summed E-state index contributed by atoms with van der Waals surface area (Å²) in [5.41, 5.74) is 1.09. The molecule has 0 bridgehead atoms. The first kappa shape index (κ1) is 20.7. The molecule has 0 aliphatic carbocycles. The van der Waals surface area contributed by atoms with Crippen molar-refractivity contribution in [1.82, 2.24) is 0 Å². The molecule has 0 radical (unpaired) electrons. The van der Waals surface area contributed by atoms with E-state index < -0.39 is 11.9 Å². The highest BCUT2D eigenvalue weighted by Crippen LogP contribution is 2.33. The molecular formula is C20H22N2O6S. The number of ether oxygens (including phenoxy) is 3. The van der Waals surface area contributed by atoms with E-state index in [-0.39, 0.29) is 25.9 Å². The smallest absolute Gasteiger partial charge is 0.341 e. The third kappa shape index (κ3) is 5.26. The lowest BCUT2D eigenvalue weighted by Crippen LogP contribution is -2.18. The molecular weight excluding hydrogens is 396 g/mol. The van der Waals surface area contributed by atoms with Gasteiger partial charge in [-0.05, 0) is 37.1 Å². The van der Waals surface area contributed by atoms with E-state index in [4.69, 9.17) is 19.0 Å². The molecule has 1 aromatic heterocycles. The van der Waals surface area contributed by atoms with Crippen molar-refractivity contribution >= 4 is 34.4 Å². The predicted molar refractivity (Wildman–Crippen MR) is 109 cm³/mol. The quantitative estimate of drug-likeness (QED) is 0.398. The standard InChI is InChI=1S/C20H22N2O6S/c1-4-25-20(24)14-8-17(12(2)3)29-19(14)22-18(23)10-28-21-9-13-5-6-15-16(7-13)27-11-26-15/h5-9,12H,4,10-11H2,1-3H3,(H,22,23)/b21-9-. The number of oxime groups is 1. The maximum absolute atomic E-state index is 12.2. The van der Waals surface area contributed by atoms with Crippen LogP contribution in [0.2, 0.25) is 0 Å². The van der Waals surface area contributed by atoms with Crippen LogP contribution in [0, 0.1) is 0 Å². The number of amides is 1. The van der Waals surface area contributed by atoms with Gasteiger partial charge in [0.2, 0.25) is 6.79 Å². The van der Waals surface area contributed by atoms with Gasteiger partial charge < -0.3 is 24.4 Å². The van der Waals surface area contributed by atoms with Crippen molar-refractivity contribution in [2.45, 2.75) is 26.7 Å². The van der Waals surface area contributed by atoms with E-state index in [1.165, 1.54) is 17.6 Å². The first-order chi connectivity index (χ1) is 14.0. The third-order valence-electron chi connectivity index (χ3n) is 3.94. The number of nitrogens with zero attached hydrogens (tertiary/aromatic N) is 1. The molecule has 8 nitrogen and oxygen atoms in total. The molecule has 1 aromatic carbocycles. The molecule has 0 fully saturated rings. The highest BCUT2D eigenvalue weighted by molar-refractivity contribution is 7.16. The van der Waals surface area contributed by atoms with Crippen LogP contribution in [0.15, 0.2) is 29.4 Å². The molecule has 154 valence electrons. The molecule has 0 atom stereocenters. The zero-order chi connectivity index (χ0) is 20.8. The van der Waals surface area contributed by atoms with Crippen molar-refractivity contribution in [3.8, 4) is 11.5 Å². The fraction of sp³-hybridized carbons (Fsp3) is 0.350. The lowest BCUT2D eigenvalue weighted by atomic mass is 10.1. The van der Waals surface area contributed by atoms with E-state index in [1.54, 1.807) is 31.2 Å². The number of esters is 1. The molecule has 1 aliphatic rings. The van der Waals surface area contributed by atoms with Gasteiger partial charge in [0.1, 0.15) is 5.00 Å². The fourth-order valence-electron chi connectivity index (χ4n) is 2.50. The lowest BCUT2D eigenvalue weighted by Gasteiger charge is -2.05. The summed E-state index contributed by atoms with van der Waals surface area (Å²) in [5, 5.41) is 6.94. The van der Waals surface area contributed by atoms with E-state index in [0.717, 1.165) is 10.4 Å². The third-order valence-corrected chi connectivity index (χ3v) is 5.29. The first-order valence-corrected chi connectivity index (χ1v) is 9.95. The number of carbonyl (C=O) groups is 2. The molecule has 29 heavy (non-hydrogen) atoms. The van der Waals surface area contributed by atoms with Crippen LogP contribution in [-0.2, 0) is 14.4 Å². The van der Waals surface area contributed by atoms with E-state index in [1.807, 2.05) is 13.8 Å². The van der Waals surface area contributed by atoms with Crippen LogP contribution in [0.25, 0.3) is 0 Å². The summed E-state index contributed by atoms with van der Waals surface area (Å²) < 4.78 is 15.6. The number of rotatable bonds is 8. The summed E-state index contributed by atoms with van der Waals surface area (Å²) in [6, 6.07) is 7.09. The number of anilines is 1. The van der Waals surface area contributed by atoms with Gasteiger partial charge >= 0.3 is 5.97 Å². The molecule has 1 N–H and O–H groups in total. The molecule has 1 aliphatic heterocycles. The monoisotopic (exact) mass is 418 g/mol. The average Bonchev–Trinajstić information content (AvgIpc) is 3.32. The summed E-state index contributed by atoms with van der Waals surface area (Å²) >= 11 is 1.35. The molecule has 1 amide bonds. The van der Waals surface area contributed by atoms with Gasteiger partial charge in [-0.25, -0.2) is 4.79 Å². The number of hydrogen-bond acceptors (Lipinski definition) is 8. The second-order valence-corrected chi connectivity index (χ2v) is 7.52. The first-order valence-electron chi connectivity index (χ1n) is 9.13. The minimum atomic E-state index is -0.465. The lowest BCUT2D eigenvalue weighted by molar-refractivity contribution is -0.120. The number of thiophene rings is 1. The maximum atomic E-state index is 12.2. The molecule has 9 heteroatoms. The number of carbonyl (C=O) groups excluding carboxylic acids is 2. The van der Waals surface area contributed by atoms with Gasteiger partial charge in [-0.2, -0.15) is 0 Å². The molecule has 0 saturated carbocycles. The second-order valence-electron chi connectivity index (χ2n) is 6.44. The molecule has 0 spiro atoms. The molecule has 2 heterocycles. The van der Waals surface area contributed by atoms with Crippen LogP contribution in [0.4, 0.5) is 5.00 Å². The van der Waals surface area contributed by atoms with Crippen LogP contribution < -0.4 is 14.8 Å². The van der Waals surface area contributed by atoms with Crippen LogP contribution in [-0.4, -0.2) is 38.1 Å². The average molecular weight is 418 g/mol. The number of benzene rings is 1. The summed E-state index contributed by atoms with van der Waals surface area (Å²) in [7, 11) is 0. The van der Waals surface area contributed by atoms with E-state index in [2.05, 4.69) is 10.5 Å². The summed E-state index contributed by atoms with van der Waals surface area (Å²) in [4.78, 5) is 30.4. The Morgan fingerprint density at radius 3 is 2.83 bits per heavy atom. The van der Waals surface area contributed by atoms with E-state index in [0.29, 0.717) is 22.1 Å². The Bertz CT molecular complexity index is 922. The highest BCUT2D eigenvalue weighted by Gasteiger charge is 2.20.